The quantitative estimate of drug-likeness (QED) is 0.112. The summed E-state index contributed by atoms with van der Waals surface area (Å²) in [6.07, 6.45) is 0. The molecule has 0 radical (unpaired) electrons. The van der Waals surface area contributed by atoms with Crippen LogP contribution in [0.3, 0.4) is 0 Å². The molecule has 0 amide bonds. The molecule has 14 aromatic rings. The number of furan rings is 2. The van der Waals surface area contributed by atoms with Gasteiger partial charge in [0.05, 0.1) is 22.7 Å². The van der Waals surface area contributed by atoms with Crippen LogP contribution < -0.4 is 9.80 Å². The second-order valence-corrected chi connectivity index (χ2v) is 19.0. The van der Waals surface area contributed by atoms with Gasteiger partial charge in [0.2, 0.25) is 0 Å². The Balaban J connectivity index is 0.996. The van der Waals surface area contributed by atoms with E-state index in [2.05, 4.69) is 58.3 Å². The number of benzene rings is 12. The van der Waals surface area contributed by atoms with Gasteiger partial charge in [0.25, 0.3) is 0 Å². The monoisotopic (exact) mass is 968 g/mol. The maximum Gasteiger partial charge on any atom is 0.159 e. The summed E-state index contributed by atoms with van der Waals surface area (Å²) >= 11 is 0. The zero-order valence-electron chi connectivity index (χ0n) is 39.9. The standard InChI is InChI=1S/C66H40F4N2O2/c1-37-35-43(69)23-31-47(37)49-7-3-9-51-53-11-5-13-59(65(53)73-63(49)51)71(45-25-19-41(67)20-26-45)57-33-17-39-16-30-56-58(34-18-40-15-29-55(57)61(39)62(40)56)72(46-27-21-42(68)22-28-46)60-14-6-12-54-52-10-4-8-50(64(52)74-66(54)60)48-32-24-44(70)36-38(48)2/h3-36H,1-2H3. The van der Waals surface area contributed by atoms with Crippen LogP contribution in [-0.4, -0.2) is 0 Å². The van der Waals surface area contributed by atoms with Crippen LogP contribution in [0, 0.1) is 37.1 Å². The first-order valence-electron chi connectivity index (χ1n) is 24.4. The van der Waals surface area contributed by atoms with Gasteiger partial charge >= 0.3 is 0 Å². The lowest BCUT2D eigenvalue weighted by Gasteiger charge is -2.29. The highest BCUT2D eigenvalue weighted by Gasteiger charge is 2.27. The average Bonchev–Trinajstić information content (AvgIpc) is 4.01. The minimum absolute atomic E-state index is 0.302. The lowest BCUT2D eigenvalue weighted by Crippen LogP contribution is -2.12. The molecule has 0 spiro atoms. The van der Waals surface area contributed by atoms with E-state index in [1.54, 1.807) is 36.4 Å². The van der Waals surface area contributed by atoms with Crippen molar-refractivity contribution in [3.63, 3.8) is 0 Å². The smallest absolute Gasteiger partial charge is 0.159 e. The molecule has 0 atom stereocenters. The number of hydrogen-bond acceptors (Lipinski definition) is 4. The second kappa shape index (κ2) is 16.6. The van der Waals surface area contributed by atoms with Gasteiger partial charge in [-0.15, -0.1) is 0 Å². The number of fused-ring (bicyclic) bond motifs is 6. The molecule has 354 valence electrons. The van der Waals surface area contributed by atoms with Gasteiger partial charge in [-0.1, -0.05) is 109 Å². The summed E-state index contributed by atoms with van der Waals surface area (Å²) in [6, 6.07) is 63.9. The van der Waals surface area contributed by atoms with Crippen molar-refractivity contribution in [3.8, 4) is 22.3 Å². The zero-order chi connectivity index (χ0) is 49.9. The normalized spacial score (nSPS) is 11.9. The summed E-state index contributed by atoms with van der Waals surface area (Å²) in [5, 5.41) is 9.63. The summed E-state index contributed by atoms with van der Waals surface area (Å²) < 4.78 is 72.4. The van der Waals surface area contributed by atoms with Crippen molar-refractivity contribution in [1.82, 2.24) is 0 Å². The molecule has 14 rings (SSSR count). The number of nitrogens with zero attached hydrogens (tertiary/aromatic N) is 2. The molecule has 12 aromatic carbocycles. The molecule has 8 heteroatoms. The topological polar surface area (TPSA) is 32.8 Å². The predicted molar refractivity (Wildman–Crippen MR) is 294 cm³/mol. The molecular formula is C66H40F4N2O2. The SMILES string of the molecule is Cc1cc(F)ccc1-c1cccc2c1oc1c(N(c3ccc(F)cc3)c3ccc4ccc5c(N(c6ccc(F)cc6)c6cccc7c6oc6c(-c8ccc(F)cc8C)cccc67)ccc6ccc3c4c65)cccc12. The molecule has 0 saturated carbocycles. The van der Waals surface area contributed by atoms with Gasteiger partial charge in [0, 0.05) is 54.8 Å². The molecule has 0 saturated heterocycles. The largest absolute Gasteiger partial charge is 0.453 e. The number of hydrogen-bond donors (Lipinski definition) is 0. The number of anilines is 6. The van der Waals surface area contributed by atoms with Crippen LogP contribution in [0.15, 0.2) is 215 Å². The fourth-order valence-corrected chi connectivity index (χ4v) is 11.4. The van der Waals surface area contributed by atoms with Crippen molar-refractivity contribution in [3.05, 3.63) is 241 Å². The molecule has 4 nitrogen and oxygen atoms in total. The first kappa shape index (κ1) is 43.4. The highest BCUT2D eigenvalue weighted by Crippen LogP contribution is 2.51. The van der Waals surface area contributed by atoms with Crippen molar-refractivity contribution in [1.29, 1.82) is 0 Å². The number of para-hydroxylation sites is 4. The number of aryl methyl sites for hydroxylation is 2. The summed E-state index contributed by atoms with van der Waals surface area (Å²) in [4.78, 5) is 4.27. The van der Waals surface area contributed by atoms with Gasteiger partial charge in [0.15, 0.2) is 11.2 Å². The molecular weight excluding hydrogens is 929 g/mol. The predicted octanol–water partition coefficient (Wildman–Crippen LogP) is 19.8. The minimum atomic E-state index is -0.356. The van der Waals surface area contributed by atoms with E-state index in [9.17, 15) is 17.6 Å². The minimum Gasteiger partial charge on any atom is -0.453 e. The molecule has 0 bridgehead atoms. The summed E-state index contributed by atoms with van der Waals surface area (Å²) in [6.45, 7) is 3.79. The Labute approximate surface area is 421 Å². The molecule has 2 aromatic heterocycles. The van der Waals surface area contributed by atoms with Gasteiger partial charge in [-0.2, -0.15) is 0 Å². The van der Waals surface area contributed by atoms with Crippen molar-refractivity contribution in [2.45, 2.75) is 13.8 Å². The molecule has 2 heterocycles. The Bertz CT molecular complexity index is 4280. The lowest BCUT2D eigenvalue weighted by atomic mass is 9.91. The molecule has 0 aliphatic heterocycles. The van der Waals surface area contributed by atoms with E-state index in [1.165, 1.54) is 48.5 Å². The maximum absolute atomic E-state index is 14.9. The van der Waals surface area contributed by atoms with E-state index in [1.807, 2.05) is 86.6 Å². The third-order valence-electron chi connectivity index (χ3n) is 14.7. The van der Waals surface area contributed by atoms with Crippen molar-refractivity contribution in [2.75, 3.05) is 9.80 Å². The first-order valence-corrected chi connectivity index (χ1v) is 24.4. The Morgan fingerprint density at radius 1 is 0.297 bits per heavy atom. The molecule has 0 fully saturated rings. The summed E-state index contributed by atoms with van der Waals surface area (Å²) in [7, 11) is 0. The van der Waals surface area contributed by atoms with Crippen LogP contribution in [0.5, 0.6) is 0 Å². The molecule has 0 N–H and O–H groups in total. The van der Waals surface area contributed by atoms with E-state index in [4.69, 9.17) is 8.83 Å². The Hall–Kier alpha value is -9.40. The van der Waals surface area contributed by atoms with Gasteiger partial charge in [0.1, 0.15) is 34.4 Å². The van der Waals surface area contributed by atoms with E-state index < -0.39 is 0 Å². The zero-order valence-corrected chi connectivity index (χ0v) is 39.9. The number of halogens is 4. The first-order chi connectivity index (χ1) is 36.2. The van der Waals surface area contributed by atoms with Crippen LogP contribution in [0.4, 0.5) is 51.7 Å². The van der Waals surface area contributed by atoms with Crippen molar-refractivity contribution in [2.24, 2.45) is 0 Å². The van der Waals surface area contributed by atoms with Gasteiger partial charge in [-0.25, -0.2) is 17.6 Å². The van der Waals surface area contributed by atoms with E-state index in [0.717, 1.165) is 121 Å². The molecule has 74 heavy (non-hydrogen) atoms. The molecule has 0 aliphatic rings. The average molecular weight is 969 g/mol. The van der Waals surface area contributed by atoms with E-state index in [0.29, 0.717) is 22.3 Å². The molecule has 0 unspecified atom stereocenters. The van der Waals surface area contributed by atoms with Crippen molar-refractivity contribution >= 4 is 110 Å². The summed E-state index contributed by atoms with van der Waals surface area (Å²) in [5.74, 6) is -1.32. The van der Waals surface area contributed by atoms with Crippen LogP contribution in [0.1, 0.15) is 11.1 Å². The van der Waals surface area contributed by atoms with Gasteiger partial charge < -0.3 is 18.6 Å². The van der Waals surface area contributed by atoms with Crippen molar-refractivity contribution < 1.29 is 26.4 Å². The van der Waals surface area contributed by atoms with Crippen LogP contribution in [0.2, 0.25) is 0 Å². The maximum atomic E-state index is 14.9. The van der Waals surface area contributed by atoms with E-state index >= 15 is 0 Å². The lowest BCUT2D eigenvalue weighted by molar-refractivity contribution is 0.626. The van der Waals surface area contributed by atoms with Crippen LogP contribution >= 0.6 is 0 Å². The Morgan fingerprint density at radius 3 is 1.07 bits per heavy atom. The highest BCUT2D eigenvalue weighted by atomic mass is 19.1. The second-order valence-electron chi connectivity index (χ2n) is 19.0. The van der Waals surface area contributed by atoms with Crippen LogP contribution in [-0.2, 0) is 0 Å². The van der Waals surface area contributed by atoms with Gasteiger partial charge in [-0.3, -0.25) is 0 Å². The third-order valence-corrected chi connectivity index (χ3v) is 14.7. The number of rotatable bonds is 8. The Kier molecular flexibility index (Phi) is 9.72. The third kappa shape index (κ3) is 6.68. The Morgan fingerprint density at radius 2 is 0.662 bits per heavy atom. The highest BCUT2D eigenvalue weighted by molar-refractivity contribution is 6.29. The fraction of sp³-hybridized carbons (Fsp3) is 0.0303. The van der Waals surface area contributed by atoms with Crippen LogP contribution in [0.25, 0.3) is 98.4 Å². The van der Waals surface area contributed by atoms with Gasteiger partial charge in [-0.05, 0) is 155 Å². The fourth-order valence-electron chi connectivity index (χ4n) is 11.4. The summed E-state index contributed by atoms with van der Waals surface area (Å²) in [5.41, 5.74) is 12.3. The molecule has 0 aliphatic carbocycles. The van der Waals surface area contributed by atoms with E-state index in [-0.39, 0.29) is 23.3 Å².